The Bertz CT molecular complexity index is 832. The lowest BCUT2D eigenvalue weighted by Crippen LogP contribution is -2.36. The maximum absolute atomic E-state index is 11.2. The van der Waals surface area contributed by atoms with Crippen LogP contribution in [0.15, 0.2) is 41.4 Å². The molecular formula is C19H19ClN2O4. The van der Waals surface area contributed by atoms with Gasteiger partial charge in [0.05, 0.1) is 36.6 Å². The molecule has 1 saturated heterocycles. The van der Waals surface area contributed by atoms with Gasteiger partial charge in [-0.2, -0.15) is 0 Å². The summed E-state index contributed by atoms with van der Waals surface area (Å²) in [6.45, 7) is 3.13. The van der Waals surface area contributed by atoms with Gasteiger partial charge in [-0.25, -0.2) is 4.79 Å². The summed E-state index contributed by atoms with van der Waals surface area (Å²) < 4.78 is 10.9. The van der Waals surface area contributed by atoms with Crippen molar-refractivity contribution in [2.24, 2.45) is 4.99 Å². The summed E-state index contributed by atoms with van der Waals surface area (Å²) in [5.41, 5.74) is 2.40. The number of carboxylic acids is 1. The van der Waals surface area contributed by atoms with E-state index in [0.29, 0.717) is 24.7 Å². The van der Waals surface area contributed by atoms with Crippen LogP contribution in [0.2, 0.25) is 5.02 Å². The Kier molecular flexibility index (Phi) is 5.75. The highest BCUT2D eigenvalue weighted by Gasteiger charge is 2.13. The fourth-order valence-electron chi connectivity index (χ4n) is 2.73. The summed E-state index contributed by atoms with van der Waals surface area (Å²) in [7, 11) is 1.61. The summed E-state index contributed by atoms with van der Waals surface area (Å²) in [5.74, 6) is -0.385. The number of hydrogen-bond acceptors (Lipinski definition) is 5. The van der Waals surface area contributed by atoms with Crippen LogP contribution in [0.25, 0.3) is 0 Å². The zero-order valence-corrected chi connectivity index (χ0v) is 15.1. The third-order valence-corrected chi connectivity index (χ3v) is 4.46. The minimum absolute atomic E-state index is 0.0240. The Hall–Kier alpha value is -2.57. The number of nitrogens with zero attached hydrogens (tertiary/aromatic N) is 2. The smallest absolute Gasteiger partial charge is 0.337 e. The molecule has 0 bridgehead atoms. The van der Waals surface area contributed by atoms with Crippen molar-refractivity contribution < 1.29 is 19.4 Å². The highest BCUT2D eigenvalue weighted by Crippen LogP contribution is 2.27. The third-order valence-electron chi connectivity index (χ3n) is 4.13. The molecule has 7 heteroatoms. The topological polar surface area (TPSA) is 71.4 Å². The van der Waals surface area contributed by atoms with E-state index in [0.717, 1.165) is 24.3 Å². The van der Waals surface area contributed by atoms with Gasteiger partial charge in [0, 0.05) is 36.6 Å². The second kappa shape index (κ2) is 8.21. The first-order valence-electron chi connectivity index (χ1n) is 8.16. The Morgan fingerprint density at radius 1 is 1.27 bits per heavy atom. The van der Waals surface area contributed by atoms with E-state index < -0.39 is 5.97 Å². The van der Waals surface area contributed by atoms with E-state index in [1.807, 2.05) is 18.2 Å². The van der Waals surface area contributed by atoms with Crippen molar-refractivity contribution in [2.75, 3.05) is 38.3 Å². The first kappa shape index (κ1) is 18.2. The number of aromatic carboxylic acids is 1. The molecule has 2 aromatic rings. The third kappa shape index (κ3) is 4.15. The minimum atomic E-state index is -1.08. The Balaban J connectivity index is 1.84. The molecule has 1 fully saturated rings. The Morgan fingerprint density at radius 3 is 2.73 bits per heavy atom. The van der Waals surface area contributed by atoms with Crippen molar-refractivity contribution in [3.8, 4) is 5.75 Å². The minimum Gasteiger partial charge on any atom is -0.496 e. The van der Waals surface area contributed by atoms with E-state index in [4.69, 9.17) is 26.2 Å². The van der Waals surface area contributed by atoms with Gasteiger partial charge in [-0.1, -0.05) is 11.6 Å². The van der Waals surface area contributed by atoms with Crippen molar-refractivity contribution in [2.45, 2.75) is 0 Å². The van der Waals surface area contributed by atoms with Gasteiger partial charge < -0.3 is 19.5 Å². The zero-order valence-electron chi connectivity index (χ0n) is 14.3. The van der Waals surface area contributed by atoms with Crippen molar-refractivity contribution in [3.05, 3.63) is 52.5 Å². The highest BCUT2D eigenvalue weighted by atomic mass is 35.5. The van der Waals surface area contributed by atoms with Crippen molar-refractivity contribution in [1.82, 2.24) is 0 Å². The normalized spacial score (nSPS) is 14.6. The van der Waals surface area contributed by atoms with Crippen molar-refractivity contribution in [1.29, 1.82) is 0 Å². The summed E-state index contributed by atoms with van der Waals surface area (Å²) >= 11 is 5.88. The van der Waals surface area contributed by atoms with Crippen LogP contribution in [-0.2, 0) is 4.74 Å². The lowest BCUT2D eigenvalue weighted by atomic mass is 10.1. The van der Waals surface area contributed by atoms with Gasteiger partial charge in [-0.3, -0.25) is 4.99 Å². The molecule has 2 aromatic carbocycles. The number of carboxylic acid groups (broad SMARTS) is 1. The molecule has 0 aliphatic carbocycles. The molecule has 1 aliphatic rings. The van der Waals surface area contributed by atoms with Crippen molar-refractivity contribution in [3.63, 3.8) is 0 Å². The molecule has 0 unspecified atom stereocenters. The van der Waals surface area contributed by atoms with Gasteiger partial charge >= 0.3 is 5.97 Å². The Labute approximate surface area is 156 Å². The van der Waals surface area contributed by atoms with Crippen LogP contribution in [0.3, 0.4) is 0 Å². The van der Waals surface area contributed by atoms with Gasteiger partial charge in [-0.05, 0) is 30.3 Å². The van der Waals surface area contributed by atoms with E-state index in [1.54, 1.807) is 19.4 Å². The van der Waals surface area contributed by atoms with Crippen LogP contribution in [0.4, 0.5) is 11.4 Å². The average molecular weight is 375 g/mol. The predicted octanol–water partition coefficient (Wildman–Crippen LogP) is 3.63. The van der Waals surface area contributed by atoms with Gasteiger partial charge in [0.25, 0.3) is 0 Å². The fraction of sp³-hybridized carbons (Fsp3) is 0.263. The molecule has 1 N–H and O–H groups in total. The van der Waals surface area contributed by atoms with Gasteiger partial charge in [0.2, 0.25) is 0 Å². The van der Waals surface area contributed by atoms with Gasteiger partial charge in [0.1, 0.15) is 5.75 Å². The monoisotopic (exact) mass is 374 g/mol. The van der Waals surface area contributed by atoms with E-state index in [1.165, 1.54) is 12.1 Å². The number of hydrogen-bond donors (Lipinski definition) is 1. The number of benzene rings is 2. The summed E-state index contributed by atoms with van der Waals surface area (Å²) in [5, 5.41) is 9.33. The van der Waals surface area contributed by atoms with E-state index in [9.17, 15) is 4.79 Å². The molecule has 0 atom stereocenters. The van der Waals surface area contributed by atoms with E-state index in [-0.39, 0.29) is 10.6 Å². The number of anilines is 1. The average Bonchev–Trinajstić information content (AvgIpc) is 2.67. The fourth-order valence-corrected chi connectivity index (χ4v) is 2.92. The molecule has 3 rings (SSSR count). The van der Waals surface area contributed by atoms with Gasteiger partial charge in [0.15, 0.2) is 0 Å². The van der Waals surface area contributed by atoms with Crippen LogP contribution in [0.1, 0.15) is 15.9 Å². The SMILES string of the molecule is COc1cc(N2CCOCC2)ccc1C=Nc1ccc(Cl)c(C(=O)O)c1. The van der Waals surface area contributed by atoms with Crippen LogP contribution < -0.4 is 9.64 Å². The van der Waals surface area contributed by atoms with Crippen LogP contribution >= 0.6 is 11.6 Å². The number of carbonyl (C=O) groups is 1. The molecule has 0 saturated carbocycles. The summed E-state index contributed by atoms with van der Waals surface area (Å²) in [6, 6.07) is 10.5. The molecule has 0 aromatic heterocycles. The number of halogens is 1. The largest absolute Gasteiger partial charge is 0.496 e. The lowest BCUT2D eigenvalue weighted by molar-refractivity contribution is 0.0697. The number of morpholine rings is 1. The summed E-state index contributed by atoms with van der Waals surface area (Å²) in [4.78, 5) is 17.8. The highest BCUT2D eigenvalue weighted by molar-refractivity contribution is 6.33. The molecule has 0 amide bonds. The molecule has 1 heterocycles. The standard InChI is InChI=1S/C19H19ClN2O4/c1-25-18-11-15(22-6-8-26-9-7-22)4-2-13(18)12-21-14-3-5-17(20)16(10-14)19(23)24/h2-5,10-12H,6-9H2,1H3,(H,23,24). The number of methoxy groups -OCH3 is 1. The second-order valence-electron chi connectivity index (χ2n) is 5.75. The molecule has 0 spiro atoms. The van der Waals surface area contributed by atoms with Crippen LogP contribution in [-0.4, -0.2) is 50.7 Å². The molecule has 1 aliphatic heterocycles. The lowest BCUT2D eigenvalue weighted by Gasteiger charge is -2.29. The zero-order chi connectivity index (χ0) is 18.5. The molecule has 6 nitrogen and oxygen atoms in total. The Morgan fingerprint density at radius 2 is 2.04 bits per heavy atom. The van der Waals surface area contributed by atoms with Gasteiger partial charge in [-0.15, -0.1) is 0 Å². The summed E-state index contributed by atoms with van der Waals surface area (Å²) in [6.07, 6.45) is 1.65. The maximum atomic E-state index is 11.2. The quantitative estimate of drug-likeness (QED) is 0.809. The molecule has 136 valence electrons. The number of rotatable bonds is 5. The first-order valence-corrected chi connectivity index (χ1v) is 8.54. The maximum Gasteiger partial charge on any atom is 0.337 e. The molecule has 0 radical (unpaired) electrons. The number of aliphatic imine (C=N–C) groups is 1. The predicted molar refractivity (Wildman–Crippen MR) is 102 cm³/mol. The van der Waals surface area contributed by atoms with Crippen LogP contribution in [0.5, 0.6) is 5.75 Å². The van der Waals surface area contributed by atoms with E-state index in [2.05, 4.69) is 9.89 Å². The second-order valence-corrected chi connectivity index (χ2v) is 6.16. The first-order chi connectivity index (χ1) is 12.6. The molecule has 26 heavy (non-hydrogen) atoms. The molecular weight excluding hydrogens is 356 g/mol. The number of ether oxygens (including phenoxy) is 2. The van der Waals surface area contributed by atoms with E-state index >= 15 is 0 Å². The van der Waals surface area contributed by atoms with Crippen molar-refractivity contribution >= 4 is 35.2 Å². The van der Waals surface area contributed by atoms with Crippen LogP contribution in [0, 0.1) is 0 Å².